The van der Waals surface area contributed by atoms with Crippen molar-refractivity contribution >= 4 is 11.3 Å². The Kier molecular flexibility index (Phi) is 3.57. The second-order valence-electron chi connectivity index (χ2n) is 2.95. The van der Waals surface area contributed by atoms with Crippen LogP contribution in [0, 0.1) is 0 Å². The van der Waals surface area contributed by atoms with E-state index in [1.165, 1.54) is 24.1 Å². The number of nitrogens with zero attached hydrogens (tertiary/aromatic N) is 1. The number of hydrogen-bond acceptors (Lipinski definition) is 2. The Labute approximate surface area is 72.5 Å². The molecule has 0 aliphatic rings. The summed E-state index contributed by atoms with van der Waals surface area (Å²) in [7, 11) is 0. The van der Waals surface area contributed by atoms with Gasteiger partial charge in [0.15, 0.2) is 0 Å². The lowest BCUT2D eigenvalue weighted by Gasteiger charge is -2.05. The molecule has 0 aliphatic carbocycles. The highest BCUT2D eigenvalue weighted by Crippen LogP contribution is 2.23. The number of rotatable bonds is 4. The zero-order valence-corrected chi connectivity index (χ0v) is 8.03. The second-order valence-corrected chi connectivity index (χ2v) is 3.87. The monoisotopic (exact) mass is 169 g/mol. The first kappa shape index (κ1) is 8.72. The Balaban J connectivity index is 2.36. The van der Waals surface area contributed by atoms with Crippen molar-refractivity contribution in [2.45, 2.75) is 39.0 Å². The van der Waals surface area contributed by atoms with Crippen LogP contribution in [-0.2, 0) is 0 Å². The molecular formula is C9H15NS. The Morgan fingerprint density at radius 1 is 1.64 bits per heavy atom. The fourth-order valence-electron chi connectivity index (χ4n) is 1.12. The zero-order chi connectivity index (χ0) is 8.10. The van der Waals surface area contributed by atoms with Gasteiger partial charge in [0.05, 0.1) is 5.51 Å². The Hall–Kier alpha value is -0.370. The fraction of sp³-hybridized carbons (Fsp3) is 0.667. The maximum absolute atomic E-state index is 4.07. The fourth-order valence-corrected chi connectivity index (χ4v) is 1.84. The van der Waals surface area contributed by atoms with Gasteiger partial charge >= 0.3 is 0 Å². The van der Waals surface area contributed by atoms with E-state index in [9.17, 15) is 0 Å². The topological polar surface area (TPSA) is 12.9 Å². The van der Waals surface area contributed by atoms with Gasteiger partial charge in [-0.05, 0) is 12.3 Å². The molecular weight excluding hydrogens is 154 g/mol. The summed E-state index contributed by atoms with van der Waals surface area (Å²) in [5.74, 6) is 0.711. The highest BCUT2D eigenvalue weighted by molar-refractivity contribution is 7.09. The van der Waals surface area contributed by atoms with Crippen molar-refractivity contribution in [2.24, 2.45) is 0 Å². The summed E-state index contributed by atoms with van der Waals surface area (Å²) < 4.78 is 0. The molecule has 0 saturated heterocycles. The molecule has 0 aliphatic heterocycles. The summed E-state index contributed by atoms with van der Waals surface area (Å²) in [5.41, 5.74) is 1.91. The molecule has 0 saturated carbocycles. The zero-order valence-electron chi connectivity index (χ0n) is 7.21. The van der Waals surface area contributed by atoms with Crippen molar-refractivity contribution in [2.75, 3.05) is 0 Å². The molecule has 0 N–H and O–H groups in total. The summed E-state index contributed by atoms with van der Waals surface area (Å²) >= 11 is 1.77. The summed E-state index contributed by atoms with van der Waals surface area (Å²) in [6, 6.07) is 0. The third kappa shape index (κ3) is 2.62. The molecule has 11 heavy (non-hydrogen) atoms. The van der Waals surface area contributed by atoms with Gasteiger partial charge in [0.2, 0.25) is 0 Å². The van der Waals surface area contributed by atoms with Crippen LogP contribution in [0.15, 0.2) is 11.7 Å². The molecule has 0 amide bonds. The van der Waals surface area contributed by atoms with Crippen LogP contribution in [0.25, 0.3) is 0 Å². The van der Waals surface area contributed by atoms with Crippen LogP contribution in [0.4, 0.5) is 0 Å². The molecule has 1 aromatic rings. The second kappa shape index (κ2) is 4.50. The van der Waals surface area contributed by atoms with E-state index in [1.807, 2.05) is 11.7 Å². The minimum absolute atomic E-state index is 0.711. The number of aromatic nitrogens is 1. The van der Waals surface area contributed by atoms with Gasteiger partial charge in [-0.1, -0.05) is 26.7 Å². The first-order chi connectivity index (χ1) is 5.34. The van der Waals surface area contributed by atoms with E-state index >= 15 is 0 Å². The molecule has 0 spiro atoms. The summed E-state index contributed by atoms with van der Waals surface area (Å²) in [4.78, 5) is 5.50. The van der Waals surface area contributed by atoms with E-state index in [-0.39, 0.29) is 0 Å². The van der Waals surface area contributed by atoms with Crippen molar-refractivity contribution < 1.29 is 0 Å². The highest BCUT2D eigenvalue weighted by Gasteiger charge is 2.05. The maximum Gasteiger partial charge on any atom is 0.0794 e. The molecule has 0 radical (unpaired) electrons. The molecule has 1 rings (SSSR count). The molecule has 1 heterocycles. The van der Waals surface area contributed by atoms with Gasteiger partial charge in [0.1, 0.15) is 0 Å². The molecule has 1 aromatic heterocycles. The normalized spacial score (nSPS) is 13.3. The van der Waals surface area contributed by atoms with Crippen LogP contribution in [0.1, 0.15) is 43.9 Å². The molecule has 1 nitrogen and oxygen atoms in total. The van der Waals surface area contributed by atoms with Crippen molar-refractivity contribution in [1.82, 2.24) is 4.98 Å². The standard InChI is InChI=1S/C9H15NS/c1-3-4-5-8(2)9-6-10-7-11-9/h6-8H,3-5H2,1-2H3. The van der Waals surface area contributed by atoms with Crippen LogP contribution in [-0.4, -0.2) is 4.98 Å². The Bertz CT molecular complexity index is 181. The number of hydrogen-bond donors (Lipinski definition) is 0. The van der Waals surface area contributed by atoms with Gasteiger partial charge < -0.3 is 0 Å². The Morgan fingerprint density at radius 3 is 3.00 bits per heavy atom. The van der Waals surface area contributed by atoms with Crippen LogP contribution < -0.4 is 0 Å². The number of thiazole rings is 1. The summed E-state index contributed by atoms with van der Waals surface area (Å²) in [5, 5.41) is 0. The quantitative estimate of drug-likeness (QED) is 0.673. The van der Waals surface area contributed by atoms with Crippen LogP contribution >= 0.6 is 11.3 Å². The minimum Gasteiger partial charge on any atom is -0.253 e. The first-order valence-corrected chi connectivity index (χ1v) is 5.11. The van der Waals surface area contributed by atoms with Crippen LogP contribution in [0.3, 0.4) is 0 Å². The van der Waals surface area contributed by atoms with Gasteiger partial charge in [-0.3, -0.25) is 4.98 Å². The van der Waals surface area contributed by atoms with E-state index in [4.69, 9.17) is 0 Å². The summed E-state index contributed by atoms with van der Waals surface area (Å²) in [6.07, 6.45) is 5.92. The average Bonchev–Trinajstić information content (AvgIpc) is 2.52. The van der Waals surface area contributed by atoms with E-state index < -0.39 is 0 Å². The van der Waals surface area contributed by atoms with E-state index in [2.05, 4.69) is 18.8 Å². The SMILES string of the molecule is CCCCC(C)c1cncs1. The molecule has 2 heteroatoms. The highest BCUT2D eigenvalue weighted by atomic mass is 32.1. The van der Waals surface area contributed by atoms with Crippen molar-refractivity contribution in [3.8, 4) is 0 Å². The third-order valence-corrected chi connectivity index (χ3v) is 2.93. The molecule has 0 fully saturated rings. The van der Waals surface area contributed by atoms with Gasteiger partial charge in [0, 0.05) is 11.1 Å². The third-order valence-electron chi connectivity index (χ3n) is 1.93. The Morgan fingerprint density at radius 2 is 2.45 bits per heavy atom. The maximum atomic E-state index is 4.07. The molecule has 0 aromatic carbocycles. The van der Waals surface area contributed by atoms with E-state index in [0.717, 1.165) is 0 Å². The molecule has 0 bridgehead atoms. The molecule has 62 valence electrons. The summed E-state index contributed by atoms with van der Waals surface area (Å²) in [6.45, 7) is 4.52. The largest absolute Gasteiger partial charge is 0.253 e. The predicted molar refractivity (Wildman–Crippen MR) is 50.1 cm³/mol. The van der Waals surface area contributed by atoms with Crippen molar-refractivity contribution in [3.05, 3.63) is 16.6 Å². The lowest BCUT2D eigenvalue weighted by Crippen LogP contribution is -1.88. The van der Waals surface area contributed by atoms with E-state index in [0.29, 0.717) is 5.92 Å². The van der Waals surface area contributed by atoms with Crippen molar-refractivity contribution in [3.63, 3.8) is 0 Å². The lowest BCUT2D eigenvalue weighted by atomic mass is 10.0. The van der Waals surface area contributed by atoms with Gasteiger partial charge in [-0.2, -0.15) is 0 Å². The van der Waals surface area contributed by atoms with Crippen LogP contribution in [0.5, 0.6) is 0 Å². The van der Waals surface area contributed by atoms with E-state index in [1.54, 1.807) is 11.3 Å². The van der Waals surface area contributed by atoms with Crippen LogP contribution in [0.2, 0.25) is 0 Å². The van der Waals surface area contributed by atoms with Gasteiger partial charge in [0.25, 0.3) is 0 Å². The predicted octanol–water partition coefficient (Wildman–Crippen LogP) is 3.44. The van der Waals surface area contributed by atoms with Crippen molar-refractivity contribution in [1.29, 1.82) is 0 Å². The molecule has 1 unspecified atom stereocenters. The lowest BCUT2D eigenvalue weighted by molar-refractivity contribution is 0.631. The minimum atomic E-state index is 0.711. The van der Waals surface area contributed by atoms with Gasteiger partial charge in [-0.15, -0.1) is 11.3 Å². The first-order valence-electron chi connectivity index (χ1n) is 4.23. The average molecular weight is 169 g/mol. The smallest absolute Gasteiger partial charge is 0.0794 e. The number of unbranched alkanes of at least 4 members (excludes halogenated alkanes) is 1. The van der Waals surface area contributed by atoms with Gasteiger partial charge in [-0.25, -0.2) is 0 Å². The molecule has 1 atom stereocenters.